The Kier molecular flexibility index (Phi) is 3.98. The zero-order valence-electron chi connectivity index (χ0n) is 9.77. The fraction of sp³-hybridized carbons (Fsp3) is 0.909. The summed E-state index contributed by atoms with van der Waals surface area (Å²) in [6, 6.07) is 0. The van der Waals surface area contributed by atoms with E-state index in [1.807, 2.05) is 0 Å². The van der Waals surface area contributed by atoms with E-state index < -0.39 is 14.3 Å². The molecular formula is C11H18ClNO3S. The number of hydrogen-bond acceptors (Lipinski definition) is 3. The second-order valence-electron chi connectivity index (χ2n) is 5.10. The molecule has 6 heteroatoms. The molecule has 0 aromatic carbocycles. The van der Waals surface area contributed by atoms with Crippen molar-refractivity contribution in [2.24, 2.45) is 5.92 Å². The van der Waals surface area contributed by atoms with Crippen molar-refractivity contribution in [1.29, 1.82) is 0 Å². The molecule has 1 aliphatic carbocycles. The molecule has 1 saturated carbocycles. The highest BCUT2D eigenvalue weighted by atomic mass is 35.7. The van der Waals surface area contributed by atoms with Gasteiger partial charge in [0.25, 0.3) is 0 Å². The van der Waals surface area contributed by atoms with Gasteiger partial charge in [-0.2, -0.15) is 0 Å². The summed E-state index contributed by atoms with van der Waals surface area (Å²) in [4.78, 5) is 13.4. The first-order valence-corrected chi connectivity index (χ1v) is 8.55. The number of rotatable bonds is 3. The Hall–Kier alpha value is -0.290. The maximum Gasteiger partial charge on any atom is 0.237 e. The van der Waals surface area contributed by atoms with Crippen molar-refractivity contribution in [2.45, 2.75) is 43.8 Å². The van der Waals surface area contributed by atoms with Crippen molar-refractivity contribution in [3.05, 3.63) is 0 Å². The molecule has 0 N–H and O–H groups in total. The molecule has 2 aliphatic rings. The van der Waals surface area contributed by atoms with Crippen molar-refractivity contribution in [1.82, 2.24) is 4.90 Å². The Bertz CT molecular complexity index is 390. The van der Waals surface area contributed by atoms with Gasteiger partial charge in [0, 0.05) is 30.2 Å². The summed E-state index contributed by atoms with van der Waals surface area (Å²) in [5.41, 5.74) is 0. The lowest BCUT2D eigenvalue weighted by Gasteiger charge is -2.26. The molecule has 2 rings (SSSR count). The molecular weight excluding hydrogens is 262 g/mol. The molecule has 1 atom stereocenters. The largest absolute Gasteiger partial charge is 0.341 e. The van der Waals surface area contributed by atoms with Gasteiger partial charge in [0.05, 0.1) is 0 Å². The Labute approximate surface area is 107 Å². The summed E-state index contributed by atoms with van der Waals surface area (Å²) in [6.45, 7) is 0.989. The van der Waals surface area contributed by atoms with Gasteiger partial charge in [0.1, 0.15) is 5.25 Å². The van der Waals surface area contributed by atoms with E-state index in [9.17, 15) is 13.2 Å². The molecule has 0 radical (unpaired) electrons. The van der Waals surface area contributed by atoms with Crippen LogP contribution in [0.5, 0.6) is 0 Å². The van der Waals surface area contributed by atoms with Gasteiger partial charge in [-0.15, -0.1) is 0 Å². The van der Waals surface area contributed by atoms with E-state index in [0.29, 0.717) is 12.5 Å². The standard InChI is InChI=1S/C11H18ClNO3S/c12-17(15,16)10-6-11(14)13(8-10)7-9-4-2-1-3-5-9/h9-10H,1-8H2. The predicted molar refractivity (Wildman–Crippen MR) is 66.3 cm³/mol. The second kappa shape index (κ2) is 5.14. The summed E-state index contributed by atoms with van der Waals surface area (Å²) in [7, 11) is 1.71. The van der Waals surface area contributed by atoms with E-state index in [1.54, 1.807) is 4.90 Å². The third-order valence-corrected chi connectivity index (χ3v) is 5.65. The maximum absolute atomic E-state index is 11.7. The van der Waals surface area contributed by atoms with Crippen LogP contribution in [0.4, 0.5) is 0 Å². The Morgan fingerprint density at radius 2 is 1.88 bits per heavy atom. The normalized spacial score (nSPS) is 27.7. The lowest BCUT2D eigenvalue weighted by atomic mass is 9.89. The van der Waals surface area contributed by atoms with E-state index in [0.717, 1.165) is 12.8 Å². The first-order chi connectivity index (χ1) is 7.97. The summed E-state index contributed by atoms with van der Waals surface area (Å²) in [5, 5.41) is -0.708. The van der Waals surface area contributed by atoms with E-state index >= 15 is 0 Å². The van der Waals surface area contributed by atoms with Crippen molar-refractivity contribution in [3.63, 3.8) is 0 Å². The molecule has 17 heavy (non-hydrogen) atoms. The average Bonchev–Trinajstić information content (AvgIpc) is 2.62. The van der Waals surface area contributed by atoms with E-state index in [2.05, 4.69) is 0 Å². The third-order valence-electron chi connectivity index (χ3n) is 3.78. The summed E-state index contributed by atoms with van der Waals surface area (Å²) >= 11 is 0. The molecule has 98 valence electrons. The molecule has 1 heterocycles. The smallest absolute Gasteiger partial charge is 0.237 e. The van der Waals surface area contributed by atoms with Crippen LogP contribution in [-0.4, -0.2) is 37.6 Å². The Morgan fingerprint density at radius 3 is 2.41 bits per heavy atom. The Balaban J connectivity index is 1.92. The van der Waals surface area contributed by atoms with Crippen molar-refractivity contribution >= 4 is 25.6 Å². The third kappa shape index (κ3) is 3.35. The molecule has 1 amide bonds. The first-order valence-electron chi connectivity index (χ1n) is 6.18. The van der Waals surface area contributed by atoms with Gasteiger partial charge < -0.3 is 4.90 Å². The fourth-order valence-electron chi connectivity index (χ4n) is 2.78. The van der Waals surface area contributed by atoms with Crippen LogP contribution in [0.25, 0.3) is 0 Å². The zero-order chi connectivity index (χ0) is 12.5. The van der Waals surface area contributed by atoms with Gasteiger partial charge >= 0.3 is 0 Å². The number of carbonyl (C=O) groups is 1. The van der Waals surface area contributed by atoms with Gasteiger partial charge in [-0.1, -0.05) is 19.3 Å². The Morgan fingerprint density at radius 1 is 1.24 bits per heavy atom. The van der Waals surface area contributed by atoms with Crippen LogP contribution in [0.2, 0.25) is 0 Å². The van der Waals surface area contributed by atoms with Crippen LogP contribution in [0.1, 0.15) is 38.5 Å². The van der Waals surface area contributed by atoms with Gasteiger partial charge in [-0.25, -0.2) is 8.42 Å². The first kappa shape index (κ1) is 13.1. The minimum atomic E-state index is -3.60. The van der Waals surface area contributed by atoms with Crippen LogP contribution in [0.15, 0.2) is 0 Å². The molecule has 1 saturated heterocycles. The van der Waals surface area contributed by atoms with Crippen molar-refractivity contribution < 1.29 is 13.2 Å². The molecule has 0 bridgehead atoms. The predicted octanol–water partition coefficient (Wildman–Crippen LogP) is 1.74. The van der Waals surface area contributed by atoms with Gasteiger partial charge in [0.15, 0.2) is 0 Å². The molecule has 1 aliphatic heterocycles. The van der Waals surface area contributed by atoms with Crippen LogP contribution in [0, 0.1) is 5.92 Å². The highest BCUT2D eigenvalue weighted by Gasteiger charge is 2.37. The minimum absolute atomic E-state index is 0.0541. The molecule has 0 spiro atoms. The molecule has 0 aromatic heterocycles. The van der Waals surface area contributed by atoms with Gasteiger partial charge in [-0.3, -0.25) is 4.79 Å². The van der Waals surface area contributed by atoms with Crippen LogP contribution in [0.3, 0.4) is 0 Å². The quantitative estimate of drug-likeness (QED) is 0.740. The van der Waals surface area contributed by atoms with Crippen molar-refractivity contribution in [3.8, 4) is 0 Å². The number of hydrogen-bond donors (Lipinski definition) is 0. The minimum Gasteiger partial charge on any atom is -0.341 e. The summed E-state index contributed by atoms with van der Waals surface area (Å²) < 4.78 is 22.4. The van der Waals surface area contributed by atoms with Crippen LogP contribution < -0.4 is 0 Å². The fourth-order valence-corrected chi connectivity index (χ4v) is 3.84. The number of amides is 1. The summed E-state index contributed by atoms with van der Waals surface area (Å²) in [5.74, 6) is 0.481. The number of carbonyl (C=O) groups excluding carboxylic acids is 1. The number of nitrogens with zero attached hydrogens (tertiary/aromatic N) is 1. The lowest BCUT2D eigenvalue weighted by molar-refractivity contribution is -0.128. The molecule has 1 unspecified atom stereocenters. The molecule has 0 aromatic rings. The van der Waals surface area contributed by atoms with Crippen LogP contribution >= 0.6 is 10.7 Å². The van der Waals surface area contributed by atoms with Crippen LogP contribution in [-0.2, 0) is 13.8 Å². The highest BCUT2D eigenvalue weighted by molar-refractivity contribution is 8.14. The van der Waals surface area contributed by atoms with Crippen molar-refractivity contribution in [2.75, 3.05) is 13.1 Å². The van der Waals surface area contributed by atoms with E-state index in [1.165, 1.54) is 19.3 Å². The molecule has 4 nitrogen and oxygen atoms in total. The van der Waals surface area contributed by atoms with E-state index in [-0.39, 0.29) is 18.9 Å². The monoisotopic (exact) mass is 279 g/mol. The highest BCUT2D eigenvalue weighted by Crippen LogP contribution is 2.27. The van der Waals surface area contributed by atoms with Gasteiger partial charge in [-0.05, 0) is 18.8 Å². The second-order valence-corrected chi connectivity index (χ2v) is 8.01. The SMILES string of the molecule is O=C1CC(S(=O)(=O)Cl)CN1CC1CCCCC1. The lowest BCUT2D eigenvalue weighted by Crippen LogP contribution is -2.32. The number of likely N-dealkylation sites (tertiary alicyclic amines) is 1. The number of halogens is 1. The zero-order valence-corrected chi connectivity index (χ0v) is 11.3. The van der Waals surface area contributed by atoms with E-state index in [4.69, 9.17) is 10.7 Å². The summed E-state index contributed by atoms with van der Waals surface area (Å²) in [6.07, 6.45) is 6.10. The molecule has 2 fully saturated rings. The topological polar surface area (TPSA) is 54.5 Å². The maximum atomic E-state index is 11.7. The van der Waals surface area contributed by atoms with Gasteiger partial charge in [0.2, 0.25) is 15.0 Å². The average molecular weight is 280 g/mol.